The van der Waals surface area contributed by atoms with E-state index in [1.165, 1.54) is 17.5 Å². The van der Waals surface area contributed by atoms with Crippen molar-refractivity contribution in [3.05, 3.63) is 77.6 Å². The molecule has 1 saturated heterocycles. The van der Waals surface area contributed by atoms with E-state index in [2.05, 4.69) is 31.2 Å². The fourth-order valence-electron chi connectivity index (χ4n) is 4.11. The molecule has 152 valence electrons. The third-order valence-electron chi connectivity index (χ3n) is 5.67. The Morgan fingerprint density at radius 2 is 1.93 bits per heavy atom. The van der Waals surface area contributed by atoms with Gasteiger partial charge in [-0.2, -0.15) is 0 Å². The van der Waals surface area contributed by atoms with Crippen LogP contribution in [0.5, 0.6) is 5.75 Å². The molecule has 3 aromatic rings. The van der Waals surface area contributed by atoms with E-state index in [4.69, 9.17) is 9.47 Å². The maximum absolute atomic E-state index is 14.3. The molecular weight excluding hydrogens is 367 g/mol. The fourth-order valence-corrected chi connectivity index (χ4v) is 4.11. The van der Waals surface area contributed by atoms with Gasteiger partial charge in [-0.15, -0.1) is 0 Å². The Bertz CT molecular complexity index is 985. The quantitative estimate of drug-likeness (QED) is 0.581. The molecule has 0 aliphatic carbocycles. The summed E-state index contributed by atoms with van der Waals surface area (Å²) in [5.41, 5.74) is 0.499. The molecule has 3 aromatic carbocycles. The van der Waals surface area contributed by atoms with Crippen molar-refractivity contribution in [2.24, 2.45) is 0 Å². The molecular formula is C25H27FO3. The maximum atomic E-state index is 14.3. The Morgan fingerprint density at radius 1 is 1.10 bits per heavy atom. The Balaban J connectivity index is 1.51. The predicted molar refractivity (Wildman–Crippen MR) is 112 cm³/mol. The Hall–Kier alpha value is -2.43. The zero-order chi connectivity index (χ0) is 20.3. The first-order chi connectivity index (χ1) is 14.1. The number of halogens is 1. The molecule has 4 rings (SSSR count). The molecule has 0 radical (unpaired) electrons. The van der Waals surface area contributed by atoms with Gasteiger partial charge in [0, 0.05) is 18.9 Å². The fraction of sp³-hybridized carbons (Fsp3) is 0.360. The SMILES string of the molecule is CCCC1CC(O)(c2cc(F)cc(OCc3ccc4ccccc4c3)c2)CCO1. The summed E-state index contributed by atoms with van der Waals surface area (Å²) in [7, 11) is 0. The van der Waals surface area contributed by atoms with E-state index >= 15 is 0 Å². The Labute approximate surface area is 171 Å². The van der Waals surface area contributed by atoms with Crippen molar-refractivity contribution in [3.63, 3.8) is 0 Å². The van der Waals surface area contributed by atoms with E-state index in [0.29, 0.717) is 37.4 Å². The average molecular weight is 394 g/mol. The number of benzene rings is 3. The zero-order valence-corrected chi connectivity index (χ0v) is 16.7. The number of ether oxygens (including phenoxy) is 2. The van der Waals surface area contributed by atoms with Crippen LogP contribution in [0.1, 0.15) is 43.7 Å². The molecule has 4 heteroatoms. The monoisotopic (exact) mass is 394 g/mol. The lowest BCUT2D eigenvalue weighted by molar-refractivity contribution is -0.110. The van der Waals surface area contributed by atoms with Crippen LogP contribution in [0.25, 0.3) is 10.8 Å². The minimum Gasteiger partial charge on any atom is -0.489 e. The van der Waals surface area contributed by atoms with Gasteiger partial charge in [0.1, 0.15) is 18.2 Å². The van der Waals surface area contributed by atoms with Gasteiger partial charge in [0.15, 0.2) is 0 Å². The minimum atomic E-state index is -1.08. The molecule has 1 fully saturated rings. The lowest BCUT2D eigenvalue weighted by Gasteiger charge is -2.37. The van der Waals surface area contributed by atoms with E-state index in [1.54, 1.807) is 6.07 Å². The van der Waals surface area contributed by atoms with Crippen molar-refractivity contribution in [3.8, 4) is 5.75 Å². The number of fused-ring (bicyclic) bond motifs is 1. The van der Waals surface area contributed by atoms with Crippen LogP contribution in [0, 0.1) is 5.82 Å². The smallest absolute Gasteiger partial charge is 0.127 e. The Morgan fingerprint density at radius 3 is 2.76 bits per heavy atom. The summed E-state index contributed by atoms with van der Waals surface area (Å²) in [5, 5.41) is 13.5. The molecule has 1 aliphatic heterocycles. The van der Waals surface area contributed by atoms with Crippen LogP contribution in [0.3, 0.4) is 0 Å². The molecule has 0 aromatic heterocycles. The van der Waals surface area contributed by atoms with Crippen molar-refractivity contribution < 1.29 is 19.0 Å². The summed E-state index contributed by atoms with van der Waals surface area (Å²) in [6.45, 7) is 2.91. The molecule has 1 heterocycles. The predicted octanol–water partition coefficient (Wildman–Crippen LogP) is 5.72. The molecule has 2 unspecified atom stereocenters. The molecule has 1 N–H and O–H groups in total. The van der Waals surface area contributed by atoms with Crippen LogP contribution in [-0.2, 0) is 16.9 Å². The van der Waals surface area contributed by atoms with Gasteiger partial charge in [-0.25, -0.2) is 4.39 Å². The summed E-state index contributed by atoms with van der Waals surface area (Å²) in [6.07, 6.45) is 2.83. The topological polar surface area (TPSA) is 38.7 Å². The van der Waals surface area contributed by atoms with Crippen LogP contribution in [-0.4, -0.2) is 17.8 Å². The van der Waals surface area contributed by atoms with Crippen molar-refractivity contribution in [1.29, 1.82) is 0 Å². The van der Waals surface area contributed by atoms with E-state index in [-0.39, 0.29) is 6.10 Å². The molecule has 2 atom stereocenters. The van der Waals surface area contributed by atoms with Crippen molar-refractivity contribution in [2.75, 3.05) is 6.61 Å². The van der Waals surface area contributed by atoms with Gasteiger partial charge < -0.3 is 14.6 Å². The second-order valence-electron chi connectivity index (χ2n) is 7.91. The first kappa shape index (κ1) is 19.9. The summed E-state index contributed by atoms with van der Waals surface area (Å²) < 4.78 is 26.0. The van der Waals surface area contributed by atoms with E-state index in [0.717, 1.165) is 23.8 Å². The molecule has 0 bridgehead atoms. The molecule has 0 amide bonds. The summed E-state index contributed by atoms with van der Waals surface area (Å²) in [6, 6.07) is 18.9. The van der Waals surface area contributed by atoms with Crippen LogP contribution >= 0.6 is 0 Å². The highest BCUT2D eigenvalue weighted by molar-refractivity contribution is 5.82. The van der Waals surface area contributed by atoms with Gasteiger partial charge in [0.2, 0.25) is 0 Å². The zero-order valence-electron chi connectivity index (χ0n) is 16.7. The molecule has 29 heavy (non-hydrogen) atoms. The standard InChI is InChI=1S/C25H27FO3/c1-2-5-23-16-25(27,10-11-28-23)21-13-22(26)15-24(14-21)29-17-18-8-9-19-6-3-4-7-20(19)12-18/h3-4,6-9,12-15,23,27H,2,5,10-11,16-17H2,1H3. The van der Waals surface area contributed by atoms with E-state index in [1.807, 2.05) is 18.2 Å². The van der Waals surface area contributed by atoms with Crippen molar-refractivity contribution >= 4 is 10.8 Å². The lowest BCUT2D eigenvalue weighted by atomic mass is 9.82. The third-order valence-corrected chi connectivity index (χ3v) is 5.67. The van der Waals surface area contributed by atoms with Crippen LogP contribution < -0.4 is 4.74 Å². The normalized spacial score (nSPS) is 22.0. The summed E-state index contributed by atoms with van der Waals surface area (Å²) in [4.78, 5) is 0. The highest BCUT2D eigenvalue weighted by Gasteiger charge is 2.37. The minimum absolute atomic E-state index is 0.00369. The van der Waals surface area contributed by atoms with E-state index < -0.39 is 11.4 Å². The highest BCUT2D eigenvalue weighted by Crippen LogP contribution is 2.37. The van der Waals surface area contributed by atoms with Gasteiger partial charge in [-0.05, 0) is 46.5 Å². The second-order valence-corrected chi connectivity index (χ2v) is 7.91. The molecule has 1 aliphatic rings. The molecule has 3 nitrogen and oxygen atoms in total. The summed E-state index contributed by atoms with van der Waals surface area (Å²) in [5.74, 6) is 0.0306. The molecule has 0 spiro atoms. The number of hydrogen-bond acceptors (Lipinski definition) is 3. The number of hydrogen-bond donors (Lipinski definition) is 1. The van der Waals surface area contributed by atoms with Crippen LogP contribution in [0.4, 0.5) is 4.39 Å². The van der Waals surface area contributed by atoms with Crippen LogP contribution in [0.15, 0.2) is 60.7 Å². The van der Waals surface area contributed by atoms with E-state index in [9.17, 15) is 9.50 Å². The average Bonchev–Trinajstić information content (AvgIpc) is 2.72. The molecule has 0 saturated carbocycles. The largest absolute Gasteiger partial charge is 0.489 e. The highest BCUT2D eigenvalue weighted by atomic mass is 19.1. The summed E-state index contributed by atoms with van der Waals surface area (Å²) >= 11 is 0. The van der Waals surface area contributed by atoms with Crippen molar-refractivity contribution in [1.82, 2.24) is 0 Å². The first-order valence-corrected chi connectivity index (χ1v) is 10.3. The maximum Gasteiger partial charge on any atom is 0.127 e. The second kappa shape index (κ2) is 8.52. The lowest BCUT2D eigenvalue weighted by Crippen LogP contribution is -2.38. The Kier molecular flexibility index (Phi) is 5.84. The number of rotatable bonds is 6. The van der Waals surface area contributed by atoms with Gasteiger partial charge in [0.05, 0.1) is 18.3 Å². The van der Waals surface area contributed by atoms with Crippen molar-refractivity contribution in [2.45, 2.75) is 50.9 Å². The number of aliphatic hydroxyl groups is 1. The van der Waals surface area contributed by atoms with Crippen LogP contribution in [0.2, 0.25) is 0 Å². The van der Waals surface area contributed by atoms with Gasteiger partial charge in [-0.1, -0.05) is 49.7 Å². The van der Waals surface area contributed by atoms with Gasteiger partial charge in [-0.3, -0.25) is 0 Å². The van der Waals surface area contributed by atoms with Gasteiger partial charge in [0.25, 0.3) is 0 Å². The third kappa shape index (κ3) is 4.60. The first-order valence-electron chi connectivity index (χ1n) is 10.3. The van der Waals surface area contributed by atoms with Gasteiger partial charge >= 0.3 is 0 Å².